The van der Waals surface area contributed by atoms with Crippen LogP contribution in [0.5, 0.6) is 5.75 Å². The first-order valence-electron chi connectivity index (χ1n) is 8.23. The smallest absolute Gasteiger partial charge is 0.408 e. The van der Waals surface area contributed by atoms with Gasteiger partial charge in [0.05, 0.1) is 12.5 Å². The van der Waals surface area contributed by atoms with Crippen LogP contribution in [0.15, 0.2) is 54.6 Å². The second-order valence-electron chi connectivity index (χ2n) is 6.74. The number of benzene rings is 2. The van der Waals surface area contributed by atoms with E-state index in [0.29, 0.717) is 10.8 Å². The Bertz CT molecular complexity index is 739. The van der Waals surface area contributed by atoms with Crippen molar-refractivity contribution >= 4 is 23.7 Å². The Morgan fingerprint density at radius 1 is 1.04 bits per heavy atom. The van der Waals surface area contributed by atoms with Gasteiger partial charge in [-0.15, -0.1) is 0 Å². The van der Waals surface area contributed by atoms with Crippen LogP contribution in [0.25, 0.3) is 0 Å². The number of hydrogen-bond acceptors (Lipinski definition) is 4. The van der Waals surface area contributed by atoms with E-state index in [1.54, 1.807) is 69.3 Å². The Labute approximate surface area is 158 Å². The molecule has 0 fully saturated rings. The van der Waals surface area contributed by atoms with E-state index in [9.17, 15) is 9.59 Å². The highest BCUT2D eigenvalue weighted by atomic mass is 35.5. The average Bonchev–Trinajstić information content (AvgIpc) is 2.54. The molecule has 0 saturated carbocycles. The van der Waals surface area contributed by atoms with E-state index in [4.69, 9.17) is 21.1 Å². The molecule has 6 heteroatoms. The van der Waals surface area contributed by atoms with E-state index in [2.05, 4.69) is 5.32 Å². The molecule has 5 nitrogen and oxygen atoms in total. The predicted octanol–water partition coefficient (Wildman–Crippen LogP) is 4.90. The fourth-order valence-electron chi connectivity index (χ4n) is 2.23. The van der Waals surface area contributed by atoms with Crippen LogP contribution in [0.1, 0.15) is 38.8 Å². The third-order valence-electron chi connectivity index (χ3n) is 3.31. The number of carbonyl (C=O) groups excluding carboxylic acids is 2. The minimum atomic E-state index is -0.640. The van der Waals surface area contributed by atoms with Crippen molar-refractivity contribution in [2.75, 3.05) is 0 Å². The Morgan fingerprint density at radius 3 is 2.23 bits per heavy atom. The molecule has 0 bridgehead atoms. The maximum atomic E-state index is 12.3. The van der Waals surface area contributed by atoms with Crippen LogP contribution in [0.3, 0.4) is 0 Å². The van der Waals surface area contributed by atoms with E-state index < -0.39 is 23.7 Å². The molecule has 1 atom stereocenters. The maximum Gasteiger partial charge on any atom is 0.408 e. The van der Waals surface area contributed by atoms with Crippen molar-refractivity contribution < 1.29 is 19.1 Å². The van der Waals surface area contributed by atoms with Crippen molar-refractivity contribution in [3.63, 3.8) is 0 Å². The standard InChI is InChI=1S/C20H22ClNO4/c1-20(2,3)26-19(24)22-17(14-9-11-15(21)12-10-14)13-18(23)25-16-7-5-4-6-8-16/h4-12,17H,13H2,1-3H3,(H,22,24). The molecule has 0 aromatic heterocycles. The second-order valence-corrected chi connectivity index (χ2v) is 7.18. The van der Waals surface area contributed by atoms with Crippen LogP contribution in [-0.4, -0.2) is 17.7 Å². The molecule has 2 aromatic carbocycles. The zero-order valence-corrected chi connectivity index (χ0v) is 15.7. The fraction of sp³-hybridized carbons (Fsp3) is 0.300. The first-order chi connectivity index (χ1) is 12.2. The predicted molar refractivity (Wildman–Crippen MR) is 100 cm³/mol. The minimum Gasteiger partial charge on any atom is -0.444 e. The van der Waals surface area contributed by atoms with Crippen LogP contribution in [0, 0.1) is 0 Å². The fourth-order valence-corrected chi connectivity index (χ4v) is 2.35. The molecule has 1 unspecified atom stereocenters. The van der Waals surface area contributed by atoms with Gasteiger partial charge >= 0.3 is 12.1 Å². The monoisotopic (exact) mass is 375 g/mol. The molecular formula is C20H22ClNO4. The molecule has 1 N–H and O–H groups in total. The van der Waals surface area contributed by atoms with E-state index in [-0.39, 0.29) is 6.42 Å². The summed E-state index contributed by atoms with van der Waals surface area (Å²) in [6.45, 7) is 5.31. The normalized spacial score (nSPS) is 12.2. The molecule has 138 valence electrons. The van der Waals surface area contributed by atoms with Crippen molar-refractivity contribution in [1.29, 1.82) is 0 Å². The number of alkyl carbamates (subject to hydrolysis) is 1. The molecule has 2 aromatic rings. The van der Waals surface area contributed by atoms with E-state index in [1.165, 1.54) is 0 Å². The van der Waals surface area contributed by atoms with Gasteiger partial charge in [-0.05, 0) is 50.6 Å². The van der Waals surface area contributed by atoms with Crippen LogP contribution >= 0.6 is 11.6 Å². The number of carbonyl (C=O) groups is 2. The van der Waals surface area contributed by atoms with Crippen molar-refractivity contribution in [2.45, 2.75) is 38.8 Å². The van der Waals surface area contributed by atoms with E-state index >= 15 is 0 Å². The zero-order valence-electron chi connectivity index (χ0n) is 15.0. The largest absolute Gasteiger partial charge is 0.444 e. The van der Waals surface area contributed by atoms with Crippen molar-refractivity contribution in [3.05, 3.63) is 65.2 Å². The van der Waals surface area contributed by atoms with E-state index in [0.717, 1.165) is 5.56 Å². The lowest BCUT2D eigenvalue weighted by Gasteiger charge is -2.23. The van der Waals surface area contributed by atoms with Gasteiger partial charge in [-0.2, -0.15) is 0 Å². The first kappa shape index (κ1) is 19.8. The molecule has 0 spiro atoms. The molecular weight excluding hydrogens is 354 g/mol. The molecule has 0 saturated heterocycles. The number of halogens is 1. The molecule has 0 heterocycles. The third kappa shape index (κ3) is 6.76. The van der Waals surface area contributed by atoms with Crippen LogP contribution in [0.2, 0.25) is 5.02 Å². The van der Waals surface area contributed by atoms with Gasteiger partial charge in [-0.3, -0.25) is 4.79 Å². The minimum absolute atomic E-state index is 0.0459. The zero-order chi connectivity index (χ0) is 19.2. The van der Waals surface area contributed by atoms with Gasteiger partial charge in [0, 0.05) is 5.02 Å². The Balaban J connectivity index is 2.10. The van der Waals surface area contributed by atoms with Crippen LogP contribution in [0.4, 0.5) is 4.79 Å². The van der Waals surface area contributed by atoms with Crippen LogP contribution < -0.4 is 10.1 Å². The summed E-state index contributed by atoms with van der Waals surface area (Å²) in [5, 5.41) is 3.29. The van der Waals surface area contributed by atoms with Gasteiger partial charge in [-0.1, -0.05) is 41.9 Å². The lowest BCUT2D eigenvalue weighted by molar-refractivity contribution is -0.134. The topological polar surface area (TPSA) is 64.6 Å². The molecule has 0 aliphatic rings. The maximum absolute atomic E-state index is 12.3. The molecule has 0 aliphatic heterocycles. The Hall–Kier alpha value is -2.53. The average molecular weight is 376 g/mol. The van der Waals surface area contributed by atoms with Gasteiger partial charge in [-0.25, -0.2) is 4.79 Å². The summed E-state index contributed by atoms with van der Waals surface area (Å²) in [4.78, 5) is 24.4. The quantitative estimate of drug-likeness (QED) is 0.596. The highest BCUT2D eigenvalue weighted by Crippen LogP contribution is 2.22. The molecule has 2 rings (SSSR count). The SMILES string of the molecule is CC(C)(C)OC(=O)NC(CC(=O)Oc1ccccc1)c1ccc(Cl)cc1. The van der Waals surface area contributed by atoms with Gasteiger partial charge in [0.2, 0.25) is 0 Å². The summed E-state index contributed by atoms with van der Waals surface area (Å²) in [7, 11) is 0. The van der Waals surface area contributed by atoms with E-state index in [1.807, 2.05) is 6.07 Å². The summed E-state index contributed by atoms with van der Waals surface area (Å²) >= 11 is 5.92. The number of rotatable bonds is 5. The Morgan fingerprint density at radius 2 is 1.65 bits per heavy atom. The highest BCUT2D eigenvalue weighted by molar-refractivity contribution is 6.30. The van der Waals surface area contributed by atoms with Crippen molar-refractivity contribution in [2.24, 2.45) is 0 Å². The Kier molecular flexibility index (Phi) is 6.64. The number of ether oxygens (including phenoxy) is 2. The molecule has 1 amide bonds. The first-order valence-corrected chi connectivity index (χ1v) is 8.61. The summed E-state index contributed by atoms with van der Waals surface area (Å²) in [5.41, 5.74) is 0.0874. The number of nitrogens with one attached hydrogen (secondary N) is 1. The van der Waals surface area contributed by atoms with Crippen molar-refractivity contribution in [3.8, 4) is 5.75 Å². The molecule has 0 aliphatic carbocycles. The highest BCUT2D eigenvalue weighted by Gasteiger charge is 2.23. The number of hydrogen-bond donors (Lipinski definition) is 1. The van der Waals surface area contributed by atoms with Gasteiger partial charge < -0.3 is 14.8 Å². The van der Waals surface area contributed by atoms with Crippen LogP contribution in [-0.2, 0) is 9.53 Å². The third-order valence-corrected chi connectivity index (χ3v) is 3.56. The van der Waals surface area contributed by atoms with Crippen molar-refractivity contribution in [1.82, 2.24) is 5.32 Å². The summed E-state index contributed by atoms with van der Waals surface area (Å²) in [5.74, 6) is -0.0168. The van der Waals surface area contributed by atoms with Gasteiger partial charge in [0.1, 0.15) is 11.4 Å². The lowest BCUT2D eigenvalue weighted by Crippen LogP contribution is -2.36. The summed E-state index contributed by atoms with van der Waals surface area (Å²) < 4.78 is 10.6. The number of para-hydroxylation sites is 1. The van der Waals surface area contributed by atoms with Gasteiger partial charge in [0.25, 0.3) is 0 Å². The summed E-state index contributed by atoms with van der Waals surface area (Å²) in [6, 6.07) is 15.1. The number of amides is 1. The van der Waals surface area contributed by atoms with Gasteiger partial charge in [0.15, 0.2) is 0 Å². The number of esters is 1. The lowest BCUT2D eigenvalue weighted by atomic mass is 10.0. The molecule has 26 heavy (non-hydrogen) atoms. The molecule has 0 radical (unpaired) electrons. The second kappa shape index (κ2) is 8.72. The summed E-state index contributed by atoms with van der Waals surface area (Å²) in [6.07, 6.45) is -0.652.